The van der Waals surface area contributed by atoms with Gasteiger partial charge in [-0.3, -0.25) is 9.59 Å². The van der Waals surface area contributed by atoms with Crippen LogP contribution in [0.2, 0.25) is 0 Å². The Bertz CT molecular complexity index is 2180. The fourth-order valence-electron chi connectivity index (χ4n) is 9.97. The number of aromatic nitrogens is 1. The minimum absolute atomic E-state index is 0.000146. The number of hydrogen-bond donors (Lipinski definition) is 5. The maximum absolute atomic E-state index is 13.7. The van der Waals surface area contributed by atoms with Crippen molar-refractivity contribution in [1.82, 2.24) is 10.3 Å². The molecular formula is C50H61N3O6. The number of nitrogens with zero attached hydrogens (tertiary/aromatic N) is 1. The molecule has 1 saturated heterocycles. The Labute approximate surface area is 349 Å². The second kappa shape index (κ2) is 19.5. The van der Waals surface area contributed by atoms with Crippen LogP contribution in [0.1, 0.15) is 124 Å². The Hall–Kier alpha value is -4.75. The standard InChI is InChI=1S/C50H61N3O6/c1-3-32-30-53-50(51)28-44(32)43(36-13-12-33-9-5-6-10-35(33)23-36)25-39(54)18-14-34-16-20-41(47(57)21-17-37-24-49(59-2)48(58)27-42(34)37)46(56)11-7-4-8-31-22-38-15-19-40(55)26-45(38)52-29-31/h5-6,9-10,12-13,23-24,27-28,30-31,34,38-39,41,43,45-46,52,54,56,58H,3-4,7-8,11,14-15,17-19,21-22,25-26,29H2,1-2H3,(H2,51,53)/t31-,34+,38+,39+,41+,43+,45+,46+/m0/s1. The molecule has 0 unspecified atom stereocenters. The highest BCUT2D eigenvalue weighted by Gasteiger charge is 2.35. The summed E-state index contributed by atoms with van der Waals surface area (Å²) in [5, 5.41) is 40.2. The number of nitrogen functional groups attached to an aromatic ring is 1. The van der Waals surface area contributed by atoms with Crippen molar-refractivity contribution in [3.63, 3.8) is 0 Å². The molecule has 1 aliphatic heterocycles. The summed E-state index contributed by atoms with van der Waals surface area (Å²) in [6.45, 7) is 3.03. The minimum atomic E-state index is -0.883. The molecule has 7 rings (SSSR count). The second-order valence-electron chi connectivity index (χ2n) is 17.3. The number of nitrogens with one attached hydrogen (secondary N) is 1. The molecule has 2 aliphatic carbocycles. The molecule has 0 amide bonds. The number of methoxy groups -OCH3 is 1. The van der Waals surface area contributed by atoms with Crippen molar-refractivity contribution in [2.45, 2.75) is 127 Å². The molecule has 4 aromatic rings. The van der Waals surface area contributed by atoms with Crippen LogP contribution in [0.15, 0.2) is 66.9 Å². The summed E-state index contributed by atoms with van der Waals surface area (Å²) in [5.41, 5.74) is 11.2. The number of pyridine rings is 1. The van der Waals surface area contributed by atoms with Gasteiger partial charge in [0.15, 0.2) is 17.3 Å². The molecule has 8 atom stereocenters. The molecule has 1 saturated carbocycles. The van der Waals surface area contributed by atoms with E-state index < -0.39 is 24.0 Å². The zero-order valence-electron chi connectivity index (χ0n) is 34.7. The van der Waals surface area contributed by atoms with Crippen LogP contribution in [0.4, 0.5) is 5.82 Å². The number of carbonyl (C=O) groups excluding carboxylic acids is 2. The number of rotatable bonds is 15. The van der Waals surface area contributed by atoms with E-state index in [4.69, 9.17) is 10.5 Å². The molecule has 1 aromatic heterocycles. The predicted molar refractivity (Wildman–Crippen MR) is 232 cm³/mol. The third-order valence-corrected chi connectivity index (χ3v) is 13.4. The molecule has 2 heterocycles. The Morgan fingerprint density at radius 1 is 0.966 bits per heavy atom. The van der Waals surface area contributed by atoms with Gasteiger partial charge in [0.2, 0.25) is 0 Å². The van der Waals surface area contributed by atoms with Crippen LogP contribution in [0.5, 0.6) is 11.5 Å². The maximum Gasteiger partial charge on any atom is 0.160 e. The number of anilines is 1. The van der Waals surface area contributed by atoms with E-state index in [0.29, 0.717) is 80.2 Å². The number of fused-ring (bicyclic) bond motifs is 3. The average molecular weight is 800 g/mol. The van der Waals surface area contributed by atoms with Crippen LogP contribution >= 0.6 is 0 Å². The molecule has 9 nitrogen and oxygen atoms in total. The largest absolute Gasteiger partial charge is 0.504 e. The van der Waals surface area contributed by atoms with E-state index in [1.165, 1.54) is 7.11 Å². The van der Waals surface area contributed by atoms with E-state index >= 15 is 0 Å². The van der Waals surface area contributed by atoms with E-state index in [2.05, 4.69) is 59.4 Å². The summed E-state index contributed by atoms with van der Waals surface area (Å²) in [7, 11) is 1.51. The second-order valence-corrected chi connectivity index (χ2v) is 17.3. The van der Waals surface area contributed by atoms with Gasteiger partial charge in [-0.15, -0.1) is 0 Å². The first kappa shape index (κ1) is 42.4. The van der Waals surface area contributed by atoms with Gasteiger partial charge in [0.25, 0.3) is 0 Å². The summed E-state index contributed by atoms with van der Waals surface area (Å²) in [5.74, 6) is 7.47. The van der Waals surface area contributed by atoms with Gasteiger partial charge in [-0.2, -0.15) is 0 Å². The quantitative estimate of drug-likeness (QED) is 0.0596. The van der Waals surface area contributed by atoms with E-state index in [-0.39, 0.29) is 23.9 Å². The molecule has 3 aliphatic rings. The summed E-state index contributed by atoms with van der Waals surface area (Å²) < 4.78 is 5.46. The van der Waals surface area contributed by atoms with Crippen molar-refractivity contribution in [2.75, 3.05) is 19.4 Å². The van der Waals surface area contributed by atoms with Crippen LogP contribution in [-0.2, 0) is 22.4 Å². The zero-order chi connectivity index (χ0) is 41.5. The number of ether oxygens (including phenoxy) is 1. The number of piperidine rings is 1. The van der Waals surface area contributed by atoms with Crippen LogP contribution < -0.4 is 15.8 Å². The normalized spacial score (nSPS) is 23.4. The molecule has 2 fully saturated rings. The first-order valence-electron chi connectivity index (χ1n) is 21.9. The van der Waals surface area contributed by atoms with Gasteiger partial charge >= 0.3 is 0 Å². The number of aryl methyl sites for hydroxylation is 2. The van der Waals surface area contributed by atoms with Gasteiger partial charge in [-0.1, -0.05) is 74.1 Å². The Kier molecular flexibility index (Phi) is 14.0. The third kappa shape index (κ3) is 10.3. The number of Topliss-reactive ketones (excluding diaryl/α,β-unsaturated/α-hetero) is 2. The molecular weight excluding hydrogens is 739 g/mol. The molecule has 59 heavy (non-hydrogen) atoms. The van der Waals surface area contributed by atoms with Crippen LogP contribution in [0.25, 0.3) is 10.8 Å². The van der Waals surface area contributed by atoms with Gasteiger partial charge < -0.3 is 31.1 Å². The number of hydrogen-bond acceptors (Lipinski definition) is 9. The lowest BCUT2D eigenvalue weighted by Crippen LogP contribution is -2.48. The number of carbonyl (C=O) groups is 2. The molecule has 0 bridgehead atoms. The van der Waals surface area contributed by atoms with Crippen molar-refractivity contribution < 1.29 is 29.6 Å². The SMILES string of the molecule is CCc1cnc(N)cc1[C@H](C[C@H](O)CC[C@@H]1C#C[C@H]([C@H](O)CCCC[C@@H]2CN[C@@H]3CC(=O)CC[C@@H]3C2)C(=O)CCc2cc(OC)c(O)cc21)c1ccc2ccccc2c1. The van der Waals surface area contributed by atoms with E-state index in [9.17, 15) is 24.9 Å². The Morgan fingerprint density at radius 3 is 2.61 bits per heavy atom. The Morgan fingerprint density at radius 2 is 1.80 bits per heavy atom. The Balaban J connectivity index is 1.06. The molecule has 0 spiro atoms. The number of benzene rings is 3. The van der Waals surface area contributed by atoms with Crippen molar-refractivity contribution in [1.29, 1.82) is 0 Å². The fourth-order valence-corrected chi connectivity index (χ4v) is 9.97. The van der Waals surface area contributed by atoms with Gasteiger partial charge in [-0.25, -0.2) is 4.98 Å². The van der Waals surface area contributed by atoms with Crippen LogP contribution in [-0.4, -0.2) is 63.8 Å². The van der Waals surface area contributed by atoms with Crippen molar-refractivity contribution >= 4 is 28.2 Å². The number of ketones is 2. The number of aliphatic hydroxyl groups excluding tert-OH is 2. The molecule has 3 aromatic carbocycles. The third-order valence-electron chi connectivity index (χ3n) is 13.4. The zero-order valence-corrected chi connectivity index (χ0v) is 34.7. The summed E-state index contributed by atoms with van der Waals surface area (Å²) >= 11 is 0. The highest BCUT2D eigenvalue weighted by atomic mass is 16.5. The molecule has 9 heteroatoms. The smallest absolute Gasteiger partial charge is 0.160 e. The van der Waals surface area contributed by atoms with Gasteiger partial charge in [0.05, 0.1) is 19.3 Å². The molecule has 0 radical (unpaired) electrons. The fraction of sp³-hybridized carbons (Fsp3) is 0.500. The van der Waals surface area contributed by atoms with Crippen LogP contribution in [0, 0.1) is 29.6 Å². The number of phenolic OH excluding ortho intramolecular Hbond substituents is 1. The first-order chi connectivity index (χ1) is 28.6. The highest BCUT2D eigenvalue weighted by molar-refractivity contribution is 5.85. The predicted octanol–water partition coefficient (Wildman–Crippen LogP) is 7.94. The number of phenols is 1. The van der Waals surface area contributed by atoms with Crippen molar-refractivity contribution in [3.8, 4) is 23.3 Å². The van der Waals surface area contributed by atoms with Gasteiger partial charge in [0, 0.05) is 43.3 Å². The van der Waals surface area contributed by atoms with Crippen molar-refractivity contribution in [2.24, 2.45) is 17.8 Å². The van der Waals surface area contributed by atoms with E-state index in [1.807, 2.05) is 24.4 Å². The monoisotopic (exact) mass is 799 g/mol. The maximum atomic E-state index is 13.7. The van der Waals surface area contributed by atoms with Gasteiger partial charge in [-0.05, 0) is 133 Å². The van der Waals surface area contributed by atoms with E-state index in [1.54, 1.807) is 12.1 Å². The summed E-state index contributed by atoms with van der Waals surface area (Å²) in [4.78, 5) is 30.0. The van der Waals surface area contributed by atoms with E-state index in [0.717, 1.165) is 83.7 Å². The average Bonchev–Trinajstić information content (AvgIpc) is 3.30. The number of nitrogens with two attached hydrogens (primary N) is 1. The molecule has 312 valence electrons. The number of unbranched alkanes of at least 4 members (excludes halogenated alkanes) is 1. The summed E-state index contributed by atoms with van der Waals surface area (Å²) in [6, 6.07) is 20.5. The summed E-state index contributed by atoms with van der Waals surface area (Å²) in [6.07, 6.45) is 9.85. The number of aromatic hydroxyl groups is 1. The lowest BCUT2D eigenvalue weighted by atomic mass is 9.74. The molecule has 6 N–H and O–H groups in total. The highest BCUT2D eigenvalue weighted by Crippen LogP contribution is 2.39. The number of aliphatic hydroxyl groups is 2. The lowest BCUT2D eigenvalue weighted by Gasteiger charge is -2.39. The lowest BCUT2D eigenvalue weighted by molar-refractivity contribution is -0.124. The topological polar surface area (TPSA) is 155 Å². The first-order valence-corrected chi connectivity index (χ1v) is 21.9. The van der Waals surface area contributed by atoms with Crippen LogP contribution in [0.3, 0.4) is 0 Å². The van der Waals surface area contributed by atoms with Gasteiger partial charge in [0.1, 0.15) is 17.5 Å². The minimum Gasteiger partial charge on any atom is -0.504 e. The van der Waals surface area contributed by atoms with Crippen molar-refractivity contribution in [3.05, 3.63) is 94.7 Å².